The van der Waals surface area contributed by atoms with Gasteiger partial charge in [-0.2, -0.15) is 0 Å². The van der Waals surface area contributed by atoms with Gasteiger partial charge in [0.25, 0.3) is 17.4 Å². The lowest BCUT2D eigenvalue weighted by molar-refractivity contribution is -0.122. The molecular weight excluding hydrogens is 360 g/mol. The first kappa shape index (κ1) is 19.3. The number of carbonyl (C=O) groups is 2. The predicted molar refractivity (Wildman–Crippen MR) is 93.6 cm³/mol. The maximum Gasteiger partial charge on any atom is 0.269 e. The molecule has 0 unspecified atom stereocenters. The van der Waals surface area contributed by atoms with Gasteiger partial charge >= 0.3 is 0 Å². The molecule has 26 heavy (non-hydrogen) atoms. The van der Waals surface area contributed by atoms with E-state index < -0.39 is 21.8 Å². The standard InChI is InChI=1S/C16H18N4O5S/c1-2-17-26(24,25)13-8-6-12(7-9-13)16(23)19-18-14(21)11-20-10-4-3-5-15(20)22/h3-10,17H,2,11H2,1H3,(H,18,21)(H,19,23). The maximum atomic E-state index is 12.0. The van der Waals surface area contributed by atoms with Crippen molar-refractivity contribution in [2.75, 3.05) is 6.54 Å². The molecule has 3 N–H and O–H groups in total. The lowest BCUT2D eigenvalue weighted by Gasteiger charge is -2.09. The Bertz CT molecular complexity index is 951. The molecular formula is C16H18N4O5S. The van der Waals surface area contributed by atoms with E-state index in [1.807, 2.05) is 0 Å². The van der Waals surface area contributed by atoms with Crippen LogP contribution in [0.3, 0.4) is 0 Å². The van der Waals surface area contributed by atoms with Crippen molar-refractivity contribution in [1.82, 2.24) is 20.1 Å². The number of carbonyl (C=O) groups excluding carboxylic acids is 2. The third kappa shape index (κ3) is 5.01. The predicted octanol–water partition coefficient (Wildman–Crippen LogP) is -0.392. The van der Waals surface area contributed by atoms with Crippen LogP contribution in [0.5, 0.6) is 0 Å². The largest absolute Gasteiger partial charge is 0.306 e. The van der Waals surface area contributed by atoms with Crippen molar-refractivity contribution in [2.24, 2.45) is 0 Å². The van der Waals surface area contributed by atoms with E-state index in [9.17, 15) is 22.8 Å². The summed E-state index contributed by atoms with van der Waals surface area (Å²) in [5.74, 6) is -1.20. The van der Waals surface area contributed by atoms with Crippen LogP contribution in [-0.4, -0.2) is 31.3 Å². The quantitative estimate of drug-likeness (QED) is 0.590. The molecule has 0 aliphatic heterocycles. The Labute approximate surface area is 150 Å². The zero-order valence-electron chi connectivity index (χ0n) is 13.9. The van der Waals surface area contributed by atoms with Gasteiger partial charge in [0.1, 0.15) is 6.54 Å². The van der Waals surface area contributed by atoms with Crippen LogP contribution in [0.2, 0.25) is 0 Å². The SMILES string of the molecule is CCNS(=O)(=O)c1ccc(C(=O)NNC(=O)Cn2ccccc2=O)cc1. The summed E-state index contributed by atoms with van der Waals surface area (Å²) in [4.78, 5) is 35.3. The fraction of sp³-hybridized carbons (Fsp3) is 0.188. The molecule has 0 fully saturated rings. The topological polar surface area (TPSA) is 126 Å². The number of nitrogens with zero attached hydrogens (tertiary/aromatic N) is 1. The van der Waals surface area contributed by atoms with E-state index in [4.69, 9.17) is 0 Å². The van der Waals surface area contributed by atoms with Crippen LogP contribution in [0.4, 0.5) is 0 Å². The van der Waals surface area contributed by atoms with Gasteiger partial charge in [0, 0.05) is 24.4 Å². The van der Waals surface area contributed by atoms with Gasteiger partial charge in [-0.05, 0) is 30.3 Å². The van der Waals surface area contributed by atoms with Gasteiger partial charge in [-0.1, -0.05) is 13.0 Å². The molecule has 0 saturated carbocycles. The zero-order valence-corrected chi connectivity index (χ0v) is 14.7. The Morgan fingerprint density at radius 2 is 1.73 bits per heavy atom. The summed E-state index contributed by atoms with van der Waals surface area (Å²) in [5.41, 5.74) is 4.22. The first-order valence-electron chi connectivity index (χ1n) is 7.68. The number of sulfonamides is 1. The number of hydrazine groups is 1. The Morgan fingerprint density at radius 3 is 2.35 bits per heavy atom. The number of hydrogen-bond donors (Lipinski definition) is 3. The Balaban J connectivity index is 1.94. The van der Waals surface area contributed by atoms with Gasteiger partial charge < -0.3 is 4.57 Å². The van der Waals surface area contributed by atoms with Gasteiger partial charge in [-0.15, -0.1) is 0 Å². The molecule has 0 atom stereocenters. The summed E-state index contributed by atoms with van der Waals surface area (Å²) in [7, 11) is -3.60. The summed E-state index contributed by atoms with van der Waals surface area (Å²) in [6.45, 7) is 1.66. The summed E-state index contributed by atoms with van der Waals surface area (Å²) < 4.78 is 27.2. The first-order valence-corrected chi connectivity index (χ1v) is 9.16. The third-order valence-corrected chi connectivity index (χ3v) is 4.85. The summed E-state index contributed by atoms with van der Waals surface area (Å²) in [6.07, 6.45) is 1.45. The second kappa shape index (κ2) is 8.41. The van der Waals surface area contributed by atoms with E-state index in [1.165, 1.54) is 41.1 Å². The van der Waals surface area contributed by atoms with Gasteiger partial charge in [0.2, 0.25) is 10.0 Å². The van der Waals surface area contributed by atoms with Crippen LogP contribution in [0.1, 0.15) is 17.3 Å². The summed E-state index contributed by atoms with van der Waals surface area (Å²) >= 11 is 0. The van der Waals surface area contributed by atoms with Crippen LogP contribution in [0.25, 0.3) is 0 Å². The Kier molecular flexibility index (Phi) is 6.26. The second-order valence-corrected chi connectivity index (χ2v) is 6.96. The van der Waals surface area contributed by atoms with Crippen molar-refractivity contribution in [3.05, 3.63) is 64.6 Å². The number of hydrogen-bond acceptors (Lipinski definition) is 5. The number of benzene rings is 1. The minimum absolute atomic E-state index is 0.0309. The van der Waals surface area contributed by atoms with E-state index in [1.54, 1.807) is 19.1 Å². The normalized spacial score (nSPS) is 11.0. The van der Waals surface area contributed by atoms with Crippen molar-refractivity contribution in [1.29, 1.82) is 0 Å². The first-order chi connectivity index (χ1) is 12.3. The number of rotatable bonds is 6. The lowest BCUT2D eigenvalue weighted by atomic mass is 10.2. The Hall–Kier alpha value is -2.98. The highest BCUT2D eigenvalue weighted by atomic mass is 32.2. The second-order valence-electron chi connectivity index (χ2n) is 5.19. The van der Waals surface area contributed by atoms with Crippen LogP contribution in [-0.2, 0) is 21.4 Å². The number of nitrogens with one attached hydrogen (secondary N) is 3. The number of amides is 2. The van der Waals surface area contributed by atoms with Crippen LogP contribution < -0.4 is 21.1 Å². The average Bonchev–Trinajstić information content (AvgIpc) is 2.62. The van der Waals surface area contributed by atoms with Crippen molar-refractivity contribution in [2.45, 2.75) is 18.4 Å². The Morgan fingerprint density at radius 1 is 1.04 bits per heavy atom. The van der Waals surface area contributed by atoms with Gasteiger partial charge in [-0.25, -0.2) is 13.1 Å². The molecule has 0 saturated heterocycles. The van der Waals surface area contributed by atoms with Crippen molar-refractivity contribution in [3.8, 4) is 0 Å². The van der Waals surface area contributed by atoms with Crippen LogP contribution in [0.15, 0.2) is 58.4 Å². The van der Waals surface area contributed by atoms with Crippen LogP contribution in [0, 0.1) is 0 Å². The fourth-order valence-corrected chi connectivity index (χ4v) is 3.08. The highest BCUT2D eigenvalue weighted by Gasteiger charge is 2.14. The molecule has 0 aliphatic rings. The molecule has 0 aliphatic carbocycles. The molecule has 2 rings (SSSR count). The number of pyridine rings is 1. The third-order valence-electron chi connectivity index (χ3n) is 3.29. The summed E-state index contributed by atoms with van der Waals surface area (Å²) in [6, 6.07) is 9.71. The molecule has 2 aromatic rings. The highest BCUT2D eigenvalue weighted by molar-refractivity contribution is 7.89. The van der Waals surface area contributed by atoms with Crippen molar-refractivity contribution >= 4 is 21.8 Å². The average molecular weight is 378 g/mol. The fourth-order valence-electron chi connectivity index (χ4n) is 2.04. The smallest absolute Gasteiger partial charge is 0.269 e. The van der Waals surface area contributed by atoms with E-state index in [0.29, 0.717) is 0 Å². The molecule has 0 radical (unpaired) electrons. The molecule has 0 spiro atoms. The molecule has 2 amide bonds. The van der Waals surface area contributed by atoms with E-state index in [2.05, 4.69) is 15.6 Å². The van der Waals surface area contributed by atoms with Gasteiger partial charge in [-0.3, -0.25) is 25.2 Å². The molecule has 1 aromatic heterocycles. The minimum atomic E-state index is -3.60. The molecule has 0 bridgehead atoms. The van der Waals surface area contributed by atoms with Gasteiger partial charge in [0.05, 0.1) is 4.90 Å². The van der Waals surface area contributed by atoms with E-state index >= 15 is 0 Å². The van der Waals surface area contributed by atoms with E-state index in [0.717, 1.165) is 0 Å². The van der Waals surface area contributed by atoms with Gasteiger partial charge in [0.15, 0.2) is 0 Å². The summed E-state index contributed by atoms with van der Waals surface area (Å²) in [5, 5.41) is 0. The highest BCUT2D eigenvalue weighted by Crippen LogP contribution is 2.10. The van der Waals surface area contributed by atoms with Crippen molar-refractivity contribution in [3.63, 3.8) is 0 Å². The molecule has 1 heterocycles. The monoisotopic (exact) mass is 378 g/mol. The minimum Gasteiger partial charge on any atom is -0.306 e. The molecule has 9 nitrogen and oxygen atoms in total. The molecule has 138 valence electrons. The molecule has 10 heteroatoms. The van der Waals surface area contributed by atoms with Crippen molar-refractivity contribution < 1.29 is 18.0 Å². The molecule has 1 aromatic carbocycles. The van der Waals surface area contributed by atoms with E-state index in [-0.39, 0.29) is 29.1 Å². The van der Waals surface area contributed by atoms with Crippen LogP contribution >= 0.6 is 0 Å². The maximum absolute atomic E-state index is 12.0. The number of aromatic nitrogens is 1. The lowest BCUT2D eigenvalue weighted by Crippen LogP contribution is -2.44. The zero-order chi connectivity index (χ0) is 19.2.